The summed E-state index contributed by atoms with van der Waals surface area (Å²) in [7, 11) is 0. The molecule has 0 saturated carbocycles. The van der Waals surface area contributed by atoms with Crippen LogP contribution in [-0.4, -0.2) is 15.5 Å². The summed E-state index contributed by atoms with van der Waals surface area (Å²) in [6.07, 6.45) is 0.964. The fourth-order valence-electron chi connectivity index (χ4n) is 3.43. The number of rotatable bonds is 7. The van der Waals surface area contributed by atoms with Gasteiger partial charge in [-0.25, -0.2) is 4.98 Å². The molecule has 3 aromatic carbocycles. The van der Waals surface area contributed by atoms with Crippen LogP contribution in [0.2, 0.25) is 5.02 Å². The molecule has 1 amide bonds. The van der Waals surface area contributed by atoms with Gasteiger partial charge in [0.25, 0.3) is 0 Å². The number of imidazole rings is 1. The van der Waals surface area contributed by atoms with Crippen LogP contribution in [0.1, 0.15) is 23.9 Å². The maximum absolute atomic E-state index is 12.8. The molecule has 0 radical (unpaired) electrons. The van der Waals surface area contributed by atoms with Gasteiger partial charge < -0.3 is 14.6 Å². The minimum atomic E-state index is -0.115. The Bertz CT molecular complexity index is 1220. The Labute approximate surface area is 186 Å². The summed E-state index contributed by atoms with van der Waals surface area (Å²) in [4.78, 5) is 17.5. The number of benzene rings is 3. The number of nitrogens with zero attached hydrogens (tertiary/aromatic N) is 2. The molecule has 1 N–H and O–H groups in total. The van der Waals surface area contributed by atoms with E-state index in [1.54, 1.807) is 0 Å². The van der Waals surface area contributed by atoms with Crippen molar-refractivity contribution in [1.29, 1.82) is 0 Å². The molecule has 31 heavy (non-hydrogen) atoms. The third-order valence-corrected chi connectivity index (χ3v) is 5.60. The van der Waals surface area contributed by atoms with Crippen molar-refractivity contribution in [2.75, 3.05) is 5.32 Å². The molecule has 158 valence electrons. The Hall–Kier alpha value is -3.31. The molecule has 0 aliphatic rings. The first-order chi connectivity index (χ1) is 15.0. The molecular weight excluding hydrogens is 410 g/mol. The molecule has 4 aromatic rings. The lowest BCUT2D eigenvalue weighted by Gasteiger charge is -2.12. The predicted molar refractivity (Wildman–Crippen MR) is 125 cm³/mol. The zero-order valence-corrected chi connectivity index (χ0v) is 18.3. The highest BCUT2D eigenvalue weighted by atomic mass is 35.5. The van der Waals surface area contributed by atoms with Crippen LogP contribution in [0.25, 0.3) is 11.0 Å². The van der Waals surface area contributed by atoms with Crippen LogP contribution in [0.3, 0.4) is 0 Å². The summed E-state index contributed by atoms with van der Waals surface area (Å²) in [6, 6.07) is 21.2. The van der Waals surface area contributed by atoms with E-state index in [2.05, 4.69) is 17.2 Å². The number of fused-ring (bicyclic) bond motifs is 1. The van der Waals surface area contributed by atoms with Crippen molar-refractivity contribution >= 4 is 34.2 Å². The van der Waals surface area contributed by atoms with Gasteiger partial charge in [0.1, 0.15) is 24.7 Å². The molecule has 0 unspecified atom stereocenters. The van der Waals surface area contributed by atoms with Gasteiger partial charge in [-0.2, -0.15) is 0 Å². The largest absolute Gasteiger partial charge is 0.486 e. The molecule has 0 atom stereocenters. The number of aromatic nitrogens is 2. The van der Waals surface area contributed by atoms with Crippen LogP contribution in [0.4, 0.5) is 5.69 Å². The molecular formula is C25H24ClN3O2. The van der Waals surface area contributed by atoms with Gasteiger partial charge in [0, 0.05) is 10.7 Å². The standard InChI is InChI=1S/C25H24ClN3O2/c1-3-18-8-10-19(11-9-18)27-25(30)15-29-23-7-5-4-6-22(23)28-24(29)16-31-20-12-13-21(26)17(2)14-20/h4-14H,3,15-16H2,1-2H3,(H,27,30). The predicted octanol–water partition coefficient (Wildman–Crippen LogP) is 5.78. The van der Waals surface area contributed by atoms with Crippen LogP contribution in [0, 0.1) is 6.92 Å². The molecule has 0 aliphatic carbocycles. The molecule has 6 heteroatoms. The number of nitrogens with one attached hydrogen (secondary N) is 1. The maximum atomic E-state index is 12.8. The minimum Gasteiger partial charge on any atom is -0.486 e. The lowest BCUT2D eigenvalue weighted by atomic mass is 10.1. The van der Waals surface area contributed by atoms with Crippen LogP contribution in [0.15, 0.2) is 66.7 Å². The number of para-hydroxylation sites is 2. The molecule has 0 spiro atoms. The van der Waals surface area contributed by atoms with Crippen LogP contribution in [0.5, 0.6) is 5.75 Å². The van der Waals surface area contributed by atoms with E-state index in [1.165, 1.54) is 5.56 Å². The third kappa shape index (κ3) is 4.89. The van der Waals surface area contributed by atoms with Gasteiger partial charge >= 0.3 is 0 Å². The maximum Gasteiger partial charge on any atom is 0.244 e. The van der Waals surface area contributed by atoms with Crippen molar-refractivity contribution in [3.05, 3.63) is 88.7 Å². The van der Waals surface area contributed by atoms with E-state index in [4.69, 9.17) is 16.3 Å². The van der Waals surface area contributed by atoms with E-state index in [1.807, 2.05) is 78.2 Å². The lowest BCUT2D eigenvalue weighted by molar-refractivity contribution is -0.116. The van der Waals surface area contributed by atoms with Gasteiger partial charge in [0.2, 0.25) is 5.91 Å². The number of halogens is 1. The van der Waals surface area contributed by atoms with E-state index in [0.717, 1.165) is 28.7 Å². The number of aryl methyl sites for hydroxylation is 2. The second-order valence-electron chi connectivity index (χ2n) is 7.40. The number of carbonyl (C=O) groups excluding carboxylic acids is 1. The summed E-state index contributed by atoms with van der Waals surface area (Å²) in [5.74, 6) is 1.28. The van der Waals surface area contributed by atoms with Crippen molar-refractivity contribution in [2.24, 2.45) is 0 Å². The lowest BCUT2D eigenvalue weighted by Crippen LogP contribution is -2.20. The fourth-order valence-corrected chi connectivity index (χ4v) is 3.55. The summed E-state index contributed by atoms with van der Waals surface area (Å²) >= 11 is 6.10. The van der Waals surface area contributed by atoms with Gasteiger partial charge in [-0.3, -0.25) is 4.79 Å². The first-order valence-electron chi connectivity index (χ1n) is 10.3. The summed E-state index contributed by atoms with van der Waals surface area (Å²) in [5, 5.41) is 3.67. The van der Waals surface area contributed by atoms with Crippen LogP contribution < -0.4 is 10.1 Å². The third-order valence-electron chi connectivity index (χ3n) is 5.18. The number of hydrogen-bond acceptors (Lipinski definition) is 3. The first kappa shape index (κ1) is 20.9. The van der Waals surface area contributed by atoms with E-state index in [-0.39, 0.29) is 19.1 Å². The highest BCUT2D eigenvalue weighted by Crippen LogP contribution is 2.23. The fraction of sp³-hybridized carbons (Fsp3) is 0.200. The molecule has 4 rings (SSSR count). The minimum absolute atomic E-state index is 0.115. The highest BCUT2D eigenvalue weighted by molar-refractivity contribution is 6.31. The first-order valence-corrected chi connectivity index (χ1v) is 10.6. The van der Waals surface area contributed by atoms with Gasteiger partial charge in [0.15, 0.2) is 0 Å². The van der Waals surface area contributed by atoms with E-state index < -0.39 is 0 Å². The number of anilines is 1. The Morgan fingerprint density at radius 2 is 1.87 bits per heavy atom. The van der Waals surface area contributed by atoms with Crippen molar-refractivity contribution in [2.45, 2.75) is 33.4 Å². The zero-order chi connectivity index (χ0) is 21.8. The van der Waals surface area contributed by atoms with E-state index in [0.29, 0.717) is 16.6 Å². The van der Waals surface area contributed by atoms with Crippen molar-refractivity contribution in [3.63, 3.8) is 0 Å². The zero-order valence-electron chi connectivity index (χ0n) is 17.6. The second-order valence-corrected chi connectivity index (χ2v) is 7.81. The monoisotopic (exact) mass is 433 g/mol. The van der Waals surface area contributed by atoms with Gasteiger partial charge in [0.05, 0.1) is 11.0 Å². The SMILES string of the molecule is CCc1ccc(NC(=O)Cn2c(COc3ccc(Cl)c(C)c3)nc3ccccc32)cc1. The van der Waals surface area contributed by atoms with Gasteiger partial charge in [-0.1, -0.05) is 42.8 Å². The summed E-state index contributed by atoms with van der Waals surface area (Å²) in [6.45, 7) is 4.43. The average molecular weight is 434 g/mol. The Kier molecular flexibility index (Phi) is 6.23. The average Bonchev–Trinajstić information content (AvgIpc) is 3.12. The van der Waals surface area contributed by atoms with E-state index in [9.17, 15) is 4.79 Å². The second kappa shape index (κ2) is 9.23. The molecule has 1 heterocycles. The van der Waals surface area contributed by atoms with Crippen molar-refractivity contribution < 1.29 is 9.53 Å². The van der Waals surface area contributed by atoms with Crippen LogP contribution >= 0.6 is 11.6 Å². The summed E-state index contributed by atoms with van der Waals surface area (Å²) in [5.41, 5.74) is 4.68. The summed E-state index contributed by atoms with van der Waals surface area (Å²) < 4.78 is 7.85. The molecule has 5 nitrogen and oxygen atoms in total. The number of carbonyl (C=O) groups is 1. The number of amides is 1. The molecule has 0 saturated heterocycles. The number of hydrogen-bond donors (Lipinski definition) is 1. The smallest absolute Gasteiger partial charge is 0.244 e. The molecule has 1 aromatic heterocycles. The van der Waals surface area contributed by atoms with Crippen LogP contribution in [-0.2, 0) is 24.4 Å². The molecule has 0 aliphatic heterocycles. The van der Waals surface area contributed by atoms with E-state index >= 15 is 0 Å². The van der Waals surface area contributed by atoms with Crippen molar-refractivity contribution in [3.8, 4) is 5.75 Å². The van der Waals surface area contributed by atoms with Crippen molar-refractivity contribution in [1.82, 2.24) is 9.55 Å². The topological polar surface area (TPSA) is 56.2 Å². The van der Waals surface area contributed by atoms with Gasteiger partial charge in [-0.15, -0.1) is 0 Å². The highest BCUT2D eigenvalue weighted by Gasteiger charge is 2.14. The van der Waals surface area contributed by atoms with Gasteiger partial charge in [-0.05, 0) is 66.9 Å². The Morgan fingerprint density at radius 3 is 2.61 bits per heavy atom. The molecule has 0 bridgehead atoms. The number of ether oxygens (including phenoxy) is 1. The quantitative estimate of drug-likeness (QED) is 0.402. The normalized spacial score (nSPS) is 10.9. The molecule has 0 fully saturated rings. The Morgan fingerprint density at radius 1 is 1.10 bits per heavy atom. The Balaban J connectivity index is 1.54.